The molecule has 5 nitrogen and oxygen atoms in total. The highest BCUT2D eigenvalue weighted by Crippen LogP contribution is 2.21. The summed E-state index contributed by atoms with van der Waals surface area (Å²) in [7, 11) is 0. The maximum Gasteiger partial charge on any atom is 0.319 e. The first kappa shape index (κ1) is 18.5. The number of rotatable bonds is 5. The van der Waals surface area contributed by atoms with Gasteiger partial charge >= 0.3 is 6.03 Å². The largest absolute Gasteiger partial charge is 0.466 e. The minimum Gasteiger partial charge on any atom is -0.466 e. The summed E-state index contributed by atoms with van der Waals surface area (Å²) < 4.78 is 19.1. The number of piperidine rings is 1. The molecule has 1 aromatic carbocycles. The maximum atomic E-state index is 13.5. The van der Waals surface area contributed by atoms with Gasteiger partial charge in [-0.15, -0.1) is 0 Å². The summed E-state index contributed by atoms with van der Waals surface area (Å²) in [6.45, 7) is 7.51. The Balaban J connectivity index is 1.39. The highest BCUT2D eigenvalue weighted by molar-refractivity contribution is 5.89. The molecule has 3 rings (SSSR count). The van der Waals surface area contributed by atoms with Crippen LogP contribution in [0, 0.1) is 25.6 Å². The number of nitrogens with zero attached hydrogens (tertiary/aromatic N) is 1. The van der Waals surface area contributed by atoms with Crippen molar-refractivity contribution < 1.29 is 13.6 Å². The number of halogens is 1. The van der Waals surface area contributed by atoms with Gasteiger partial charge in [-0.05, 0) is 63.9 Å². The minimum absolute atomic E-state index is 0.200. The molecular formula is C20H26FN3O2. The first-order valence-corrected chi connectivity index (χ1v) is 9.09. The van der Waals surface area contributed by atoms with Gasteiger partial charge in [-0.2, -0.15) is 0 Å². The number of nitrogens with one attached hydrogen (secondary N) is 2. The van der Waals surface area contributed by atoms with Crippen molar-refractivity contribution in [3.63, 3.8) is 0 Å². The Bertz CT molecular complexity index is 751. The number of urea groups is 1. The fraction of sp³-hybridized carbons (Fsp3) is 0.450. The van der Waals surface area contributed by atoms with Gasteiger partial charge in [-0.1, -0.05) is 12.1 Å². The van der Waals surface area contributed by atoms with E-state index in [-0.39, 0.29) is 11.7 Å². The Morgan fingerprint density at radius 2 is 2.00 bits per heavy atom. The van der Waals surface area contributed by atoms with Gasteiger partial charge in [0.1, 0.15) is 17.3 Å². The van der Waals surface area contributed by atoms with E-state index in [0.29, 0.717) is 12.5 Å². The molecule has 1 aliphatic heterocycles. The third-order valence-electron chi connectivity index (χ3n) is 4.92. The zero-order valence-electron chi connectivity index (χ0n) is 15.3. The minimum atomic E-state index is -0.430. The summed E-state index contributed by atoms with van der Waals surface area (Å²) >= 11 is 0. The van der Waals surface area contributed by atoms with Crippen LogP contribution >= 0.6 is 0 Å². The molecule has 1 aromatic heterocycles. The quantitative estimate of drug-likeness (QED) is 0.846. The van der Waals surface area contributed by atoms with Crippen LogP contribution in [-0.2, 0) is 6.54 Å². The molecular weight excluding hydrogens is 333 g/mol. The van der Waals surface area contributed by atoms with Gasteiger partial charge < -0.3 is 15.1 Å². The number of carbonyl (C=O) groups is 1. The number of benzene rings is 1. The molecule has 0 saturated carbocycles. The summed E-state index contributed by atoms with van der Waals surface area (Å²) in [4.78, 5) is 14.4. The third-order valence-corrected chi connectivity index (χ3v) is 4.92. The van der Waals surface area contributed by atoms with Crippen molar-refractivity contribution in [1.29, 1.82) is 0 Å². The van der Waals surface area contributed by atoms with Crippen molar-refractivity contribution in [2.24, 2.45) is 5.92 Å². The highest BCUT2D eigenvalue weighted by Gasteiger charge is 2.21. The fourth-order valence-corrected chi connectivity index (χ4v) is 3.40. The lowest BCUT2D eigenvalue weighted by Gasteiger charge is -2.31. The van der Waals surface area contributed by atoms with Crippen LogP contribution in [0.1, 0.15) is 29.9 Å². The summed E-state index contributed by atoms with van der Waals surface area (Å²) in [6, 6.07) is 7.91. The van der Waals surface area contributed by atoms with Crippen molar-refractivity contribution in [2.45, 2.75) is 33.2 Å². The van der Waals surface area contributed by atoms with E-state index in [0.717, 1.165) is 44.0 Å². The van der Waals surface area contributed by atoms with Gasteiger partial charge in [0, 0.05) is 18.7 Å². The first-order valence-electron chi connectivity index (χ1n) is 9.09. The van der Waals surface area contributed by atoms with E-state index >= 15 is 0 Å². The van der Waals surface area contributed by atoms with E-state index in [1.807, 2.05) is 13.8 Å². The average molecular weight is 359 g/mol. The van der Waals surface area contributed by atoms with Crippen LogP contribution in [0.25, 0.3) is 0 Å². The van der Waals surface area contributed by atoms with Crippen LogP contribution in [0.4, 0.5) is 14.9 Å². The van der Waals surface area contributed by atoms with Crippen molar-refractivity contribution in [1.82, 2.24) is 10.2 Å². The predicted octanol–water partition coefficient (Wildman–Crippen LogP) is 4.07. The lowest BCUT2D eigenvalue weighted by Crippen LogP contribution is -2.39. The highest BCUT2D eigenvalue weighted by atomic mass is 19.1. The second kappa shape index (κ2) is 8.36. The van der Waals surface area contributed by atoms with E-state index in [1.54, 1.807) is 18.2 Å². The summed E-state index contributed by atoms with van der Waals surface area (Å²) in [6.07, 6.45) is 2.08. The van der Waals surface area contributed by atoms with Gasteiger partial charge in [-0.3, -0.25) is 4.90 Å². The lowest BCUT2D eigenvalue weighted by atomic mass is 9.96. The SMILES string of the molecule is Cc1cc(CN2CCC(CNC(=O)Nc3ccccc3F)CC2)c(C)o1. The van der Waals surface area contributed by atoms with Crippen LogP contribution in [0.3, 0.4) is 0 Å². The van der Waals surface area contributed by atoms with Crippen molar-refractivity contribution in [3.05, 3.63) is 53.2 Å². The van der Waals surface area contributed by atoms with E-state index in [2.05, 4.69) is 21.6 Å². The topological polar surface area (TPSA) is 57.5 Å². The van der Waals surface area contributed by atoms with E-state index in [9.17, 15) is 9.18 Å². The number of hydrogen-bond acceptors (Lipinski definition) is 3. The van der Waals surface area contributed by atoms with Crippen molar-refractivity contribution in [3.8, 4) is 0 Å². The molecule has 1 aliphatic rings. The normalized spacial score (nSPS) is 15.8. The predicted molar refractivity (Wildman–Crippen MR) is 99.6 cm³/mol. The monoisotopic (exact) mass is 359 g/mol. The zero-order chi connectivity index (χ0) is 18.5. The van der Waals surface area contributed by atoms with Gasteiger partial charge in [0.05, 0.1) is 5.69 Å². The van der Waals surface area contributed by atoms with Crippen molar-refractivity contribution in [2.75, 3.05) is 25.0 Å². The molecule has 0 unspecified atom stereocenters. The molecule has 2 aromatic rings. The second-order valence-electron chi connectivity index (χ2n) is 6.97. The number of para-hydroxylation sites is 1. The third kappa shape index (κ3) is 4.85. The number of hydrogen-bond donors (Lipinski definition) is 2. The molecule has 140 valence electrons. The number of carbonyl (C=O) groups excluding carboxylic acids is 1. The molecule has 0 aliphatic carbocycles. The standard InChI is InChI=1S/C20H26FN3O2/c1-14-11-17(15(2)26-14)13-24-9-7-16(8-10-24)12-22-20(25)23-19-6-4-3-5-18(19)21/h3-6,11,16H,7-10,12-13H2,1-2H3,(H2,22,23,25). The van der Waals surface area contributed by atoms with Crippen LogP contribution in [0.15, 0.2) is 34.7 Å². The Morgan fingerprint density at radius 1 is 1.27 bits per heavy atom. The molecule has 1 fully saturated rings. The van der Waals surface area contributed by atoms with Gasteiger partial charge in [0.25, 0.3) is 0 Å². The molecule has 0 radical (unpaired) electrons. The van der Waals surface area contributed by atoms with Crippen LogP contribution in [-0.4, -0.2) is 30.6 Å². The first-order chi connectivity index (χ1) is 12.5. The average Bonchev–Trinajstić information content (AvgIpc) is 2.93. The zero-order valence-corrected chi connectivity index (χ0v) is 15.3. The molecule has 26 heavy (non-hydrogen) atoms. The van der Waals surface area contributed by atoms with E-state index in [4.69, 9.17) is 4.42 Å². The molecule has 2 amide bonds. The van der Waals surface area contributed by atoms with Gasteiger partial charge in [0.15, 0.2) is 0 Å². The van der Waals surface area contributed by atoms with Gasteiger partial charge in [-0.25, -0.2) is 9.18 Å². The van der Waals surface area contributed by atoms with Gasteiger partial charge in [0.2, 0.25) is 0 Å². The smallest absolute Gasteiger partial charge is 0.319 e. The molecule has 1 saturated heterocycles. The molecule has 0 bridgehead atoms. The van der Waals surface area contributed by atoms with E-state index < -0.39 is 5.82 Å². The molecule has 2 heterocycles. The van der Waals surface area contributed by atoms with E-state index in [1.165, 1.54) is 11.6 Å². The summed E-state index contributed by atoms with van der Waals surface area (Å²) in [5.41, 5.74) is 1.45. The summed E-state index contributed by atoms with van der Waals surface area (Å²) in [5.74, 6) is 1.97. The Morgan fingerprint density at radius 3 is 2.65 bits per heavy atom. The number of amides is 2. The number of anilines is 1. The van der Waals surface area contributed by atoms with Crippen LogP contribution < -0.4 is 10.6 Å². The number of furan rings is 1. The van der Waals surface area contributed by atoms with Crippen LogP contribution in [0.5, 0.6) is 0 Å². The number of aryl methyl sites for hydroxylation is 2. The number of likely N-dealkylation sites (tertiary alicyclic amines) is 1. The molecule has 6 heteroatoms. The summed E-state index contributed by atoms with van der Waals surface area (Å²) in [5, 5.41) is 5.41. The fourth-order valence-electron chi connectivity index (χ4n) is 3.40. The Kier molecular flexibility index (Phi) is 5.93. The maximum absolute atomic E-state index is 13.5. The molecule has 2 N–H and O–H groups in total. The second-order valence-corrected chi connectivity index (χ2v) is 6.97. The molecule has 0 spiro atoms. The Labute approximate surface area is 153 Å². The van der Waals surface area contributed by atoms with Crippen LogP contribution in [0.2, 0.25) is 0 Å². The lowest BCUT2D eigenvalue weighted by molar-refractivity contribution is 0.175. The van der Waals surface area contributed by atoms with Crippen molar-refractivity contribution >= 4 is 11.7 Å². The Hall–Kier alpha value is -2.34. The molecule has 0 atom stereocenters.